The van der Waals surface area contributed by atoms with Gasteiger partial charge in [0.15, 0.2) is 0 Å². The summed E-state index contributed by atoms with van der Waals surface area (Å²) < 4.78 is 0. The second-order valence-corrected chi connectivity index (χ2v) is 3.89. The quantitative estimate of drug-likeness (QED) is 0.563. The zero-order valence-corrected chi connectivity index (χ0v) is 8.72. The Hall–Kier alpha value is -0.120. The Labute approximate surface area is 76.1 Å². The lowest BCUT2D eigenvalue weighted by molar-refractivity contribution is 0.445. The monoisotopic (exact) mass is 173 g/mol. The minimum absolute atomic E-state index is 0.454. The highest BCUT2D eigenvalue weighted by atomic mass is 15.0. The largest absolute Gasteiger partial charge is 0.326 e. The minimum Gasteiger partial charge on any atom is -0.326 e. The second kappa shape index (κ2) is 6.40. The van der Waals surface area contributed by atoms with Gasteiger partial charge in [-0.25, -0.2) is 0 Å². The summed E-state index contributed by atoms with van der Waals surface area (Å²) in [6, 6.07) is 1.70. The van der Waals surface area contributed by atoms with Gasteiger partial charge in [-0.15, -0.1) is 0 Å². The fraction of sp³-hybridized carbons (Fsp3) is 1.00. The van der Waals surface area contributed by atoms with E-state index in [9.17, 15) is 0 Å². The summed E-state index contributed by atoms with van der Waals surface area (Å²) in [5, 5.41) is 6.34. The van der Waals surface area contributed by atoms with Crippen LogP contribution < -0.4 is 16.4 Å². The molecule has 3 heteroatoms. The third-order valence-electron chi connectivity index (χ3n) is 1.48. The predicted molar refractivity (Wildman–Crippen MR) is 54.3 cm³/mol. The molecule has 0 bridgehead atoms. The summed E-state index contributed by atoms with van der Waals surface area (Å²) in [5.74, 6) is 0. The molecule has 0 saturated carbocycles. The summed E-state index contributed by atoms with van der Waals surface area (Å²) in [5.41, 5.74) is 5.32. The van der Waals surface area contributed by atoms with Crippen molar-refractivity contribution in [1.29, 1.82) is 0 Å². The van der Waals surface area contributed by atoms with Crippen molar-refractivity contribution in [3.05, 3.63) is 0 Å². The van der Waals surface area contributed by atoms with Crippen LogP contribution in [0.25, 0.3) is 0 Å². The molecule has 74 valence electrons. The maximum atomic E-state index is 5.32. The molecule has 0 aromatic rings. The number of hydrogen-bond acceptors (Lipinski definition) is 3. The molecule has 0 radical (unpaired) electrons. The number of rotatable bonds is 2. The molecule has 1 rings (SSSR count). The first-order chi connectivity index (χ1) is 5.52. The van der Waals surface area contributed by atoms with E-state index in [2.05, 4.69) is 38.3 Å². The maximum Gasteiger partial charge on any atom is 0.0292 e. The summed E-state index contributed by atoms with van der Waals surface area (Å²) in [7, 11) is 0. The van der Waals surface area contributed by atoms with E-state index >= 15 is 0 Å². The van der Waals surface area contributed by atoms with Gasteiger partial charge < -0.3 is 16.4 Å². The molecule has 0 aromatic carbocycles. The summed E-state index contributed by atoms with van der Waals surface area (Å²) in [4.78, 5) is 0. The van der Waals surface area contributed by atoms with Crippen LogP contribution in [0.5, 0.6) is 0 Å². The maximum absolute atomic E-state index is 5.32. The zero-order valence-electron chi connectivity index (χ0n) is 8.72. The van der Waals surface area contributed by atoms with Crippen LogP contribution in [0.15, 0.2) is 0 Å². The summed E-state index contributed by atoms with van der Waals surface area (Å²) in [6.07, 6.45) is 0. The standard InChI is InChI=1S/C6H15N.C3H8N2/c1-5(2)7-6(3)4;4-3-1-5-2-3/h5-7H,1-4H3;3,5H,1-2,4H2. The Balaban J connectivity index is 0.000000211. The van der Waals surface area contributed by atoms with Gasteiger partial charge in [-0.2, -0.15) is 0 Å². The minimum atomic E-state index is 0.454. The Bertz CT molecular complexity index is 91.9. The van der Waals surface area contributed by atoms with Crippen molar-refractivity contribution < 1.29 is 0 Å². The lowest BCUT2D eigenvalue weighted by Gasteiger charge is -2.21. The smallest absolute Gasteiger partial charge is 0.0292 e. The van der Waals surface area contributed by atoms with Gasteiger partial charge in [0.25, 0.3) is 0 Å². The molecule has 12 heavy (non-hydrogen) atoms. The van der Waals surface area contributed by atoms with Crippen molar-refractivity contribution in [3.8, 4) is 0 Å². The van der Waals surface area contributed by atoms with E-state index in [0.717, 1.165) is 13.1 Å². The van der Waals surface area contributed by atoms with Gasteiger partial charge in [-0.05, 0) is 0 Å². The first kappa shape index (κ1) is 11.9. The lowest BCUT2D eigenvalue weighted by atomic mass is 10.2. The molecule has 4 N–H and O–H groups in total. The average molecular weight is 173 g/mol. The zero-order chi connectivity index (χ0) is 9.56. The number of nitrogens with one attached hydrogen (secondary N) is 2. The van der Waals surface area contributed by atoms with Crippen molar-refractivity contribution in [2.24, 2.45) is 5.73 Å². The first-order valence-electron chi connectivity index (χ1n) is 4.74. The molecule has 0 spiro atoms. The Morgan fingerprint density at radius 1 is 1.17 bits per heavy atom. The van der Waals surface area contributed by atoms with E-state index in [1.165, 1.54) is 0 Å². The molecule has 0 amide bonds. The number of hydrogen-bond donors (Lipinski definition) is 3. The van der Waals surface area contributed by atoms with E-state index in [-0.39, 0.29) is 0 Å². The number of nitrogens with two attached hydrogens (primary N) is 1. The highest BCUT2D eigenvalue weighted by Gasteiger charge is 2.08. The van der Waals surface area contributed by atoms with Crippen molar-refractivity contribution in [2.75, 3.05) is 13.1 Å². The Kier molecular flexibility index (Phi) is 6.34. The van der Waals surface area contributed by atoms with E-state index in [1.807, 2.05) is 0 Å². The lowest BCUT2D eigenvalue weighted by Crippen LogP contribution is -2.52. The topological polar surface area (TPSA) is 50.1 Å². The van der Waals surface area contributed by atoms with E-state index in [0.29, 0.717) is 18.1 Å². The molecule has 0 unspecified atom stereocenters. The summed E-state index contributed by atoms with van der Waals surface area (Å²) >= 11 is 0. The van der Waals surface area contributed by atoms with Gasteiger partial charge in [-0.3, -0.25) is 0 Å². The van der Waals surface area contributed by atoms with Gasteiger partial charge in [0.05, 0.1) is 0 Å². The predicted octanol–water partition coefficient (Wildman–Crippen LogP) is 0.310. The van der Waals surface area contributed by atoms with Crippen molar-refractivity contribution in [3.63, 3.8) is 0 Å². The van der Waals surface area contributed by atoms with Crippen LogP contribution in [-0.2, 0) is 0 Å². The molecule has 0 aromatic heterocycles. The normalized spacial score (nSPS) is 17.2. The average Bonchev–Trinajstić information content (AvgIpc) is 1.81. The first-order valence-corrected chi connectivity index (χ1v) is 4.74. The van der Waals surface area contributed by atoms with E-state index in [1.54, 1.807) is 0 Å². The molecule has 1 aliphatic heterocycles. The fourth-order valence-electron chi connectivity index (χ4n) is 0.978. The van der Waals surface area contributed by atoms with Crippen LogP contribution >= 0.6 is 0 Å². The molecular weight excluding hydrogens is 150 g/mol. The van der Waals surface area contributed by atoms with Crippen LogP contribution in [0.4, 0.5) is 0 Å². The van der Waals surface area contributed by atoms with E-state index in [4.69, 9.17) is 5.73 Å². The highest BCUT2D eigenvalue weighted by molar-refractivity contribution is 4.76. The molecule has 0 atom stereocenters. The third kappa shape index (κ3) is 7.98. The SMILES string of the molecule is CC(C)NC(C)C.NC1CNC1. The Morgan fingerprint density at radius 2 is 1.50 bits per heavy atom. The Morgan fingerprint density at radius 3 is 1.50 bits per heavy atom. The highest BCUT2D eigenvalue weighted by Crippen LogP contribution is 1.81. The fourth-order valence-corrected chi connectivity index (χ4v) is 0.978. The van der Waals surface area contributed by atoms with Crippen LogP contribution in [0.2, 0.25) is 0 Å². The van der Waals surface area contributed by atoms with E-state index < -0.39 is 0 Å². The van der Waals surface area contributed by atoms with Crippen molar-refractivity contribution in [2.45, 2.75) is 45.8 Å². The molecule has 1 saturated heterocycles. The van der Waals surface area contributed by atoms with Gasteiger partial charge in [-0.1, -0.05) is 27.7 Å². The molecule has 1 heterocycles. The van der Waals surface area contributed by atoms with Gasteiger partial charge in [0.1, 0.15) is 0 Å². The summed E-state index contributed by atoms with van der Waals surface area (Å²) in [6.45, 7) is 10.6. The second-order valence-electron chi connectivity index (χ2n) is 3.89. The van der Waals surface area contributed by atoms with Crippen LogP contribution in [0.1, 0.15) is 27.7 Å². The van der Waals surface area contributed by atoms with Gasteiger partial charge in [0, 0.05) is 31.2 Å². The van der Waals surface area contributed by atoms with Gasteiger partial charge >= 0.3 is 0 Å². The molecular formula is C9H23N3. The van der Waals surface area contributed by atoms with Crippen LogP contribution in [0, 0.1) is 0 Å². The van der Waals surface area contributed by atoms with Crippen LogP contribution in [0.3, 0.4) is 0 Å². The van der Waals surface area contributed by atoms with Crippen LogP contribution in [-0.4, -0.2) is 31.2 Å². The molecule has 1 aliphatic rings. The molecule has 1 fully saturated rings. The van der Waals surface area contributed by atoms with Crippen molar-refractivity contribution >= 4 is 0 Å². The third-order valence-corrected chi connectivity index (χ3v) is 1.48. The molecule has 3 nitrogen and oxygen atoms in total. The van der Waals surface area contributed by atoms with Crippen molar-refractivity contribution in [1.82, 2.24) is 10.6 Å². The molecule has 0 aliphatic carbocycles. The van der Waals surface area contributed by atoms with Gasteiger partial charge in [0.2, 0.25) is 0 Å².